The molecule has 0 spiro atoms. The molecule has 0 saturated carbocycles. The summed E-state index contributed by atoms with van der Waals surface area (Å²) in [5, 5.41) is 10.3. The number of anilines is 1. The zero-order valence-corrected chi connectivity index (χ0v) is 16.7. The first kappa shape index (κ1) is 20.3. The molecule has 3 aromatic rings. The third kappa shape index (κ3) is 4.87. The minimum Gasteiger partial charge on any atom is -0.326 e. The number of amides is 1. The van der Waals surface area contributed by atoms with Gasteiger partial charge in [-0.05, 0) is 45.0 Å². The molecule has 150 valence electrons. The normalized spacial score (nSPS) is 11.4. The van der Waals surface area contributed by atoms with Crippen LogP contribution in [0.5, 0.6) is 0 Å². The van der Waals surface area contributed by atoms with E-state index in [0.717, 1.165) is 29.2 Å². The Balaban J connectivity index is 1.87. The summed E-state index contributed by atoms with van der Waals surface area (Å²) in [6, 6.07) is 15.2. The van der Waals surface area contributed by atoms with Gasteiger partial charge in [0.2, 0.25) is 5.96 Å². The van der Waals surface area contributed by atoms with Crippen molar-refractivity contribution < 1.29 is 9.18 Å². The van der Waals surface area contributed by atoms with Crippen LogP contribution in [0.15, 0.2) is 59.6 Å². The molecule has 29 heavy (non-hydrogen) atoms. The number of hydrogen-bond acceptors (Lipinski definition) is 3. The number of hydrogen-bond donors (Lipinski definition) is 2. The maximum atomic E-state index is 14.0. The Morgan fingerprint density at radius 3 is 2.45 bits per heavy atom. The second-order valence-corrected chi connectivity index (χ2v) is 6.55. The van der Waals surface area contributed by atoms with Crippen LogP contribution in [0.2, 0.25) is 0 Å². The Kier molecular flexibility index (Phi) is 6.39. The third-order valence-corrected chi connectivity index (χ3v) is 4.61. The van der Waals surface area contributed by atoms with Crippen molar-refractivity contribution in [1.29, 1.82) is 0 Å². The van der Waals surface area contributed by atoms with Crippen molar-refractivity contribution in [3.05, 3.63) is 82.9 Å². The SMILES string of the molecule is CCn1nc(C)c(CN=C(NC(=O)c2ccccc2F)Nc2ccccc2)c1C. The van der Waals surface area contributed by atoms with Crippen molar-refractivity contribution in [2.75, 3.05) is 5.32 Å². The number of nitrogens with one attached hydrogen (secondary N) is 2. The Morgan fingerprint density at radius 2 is 1.79 bits per heavy atom. The lowest BCUT2D eigenvalue weighted by Gasteiger charge is -2.12. The van der Waals surface area contributed by atoms with Crippen molar-refractivity contribution >= 4 is 17.6 Å². The highest BCUT2D eigenvalue weighted by Crippen LogP contribution is 2.15. The maximum Gasteiger partial charge on any atom is 0.260 e. The fourth-order valence-corrected chi connectivity index (χ4v) is 3.02. The molecule has 1 amide bonds. The van der Waals surface area contributed by atoms with Gasteiger partial charge in [0.05, 0.1) is 17.8 Å². The average molecular weight is 393 g/mol. The van der Waals surface area contributed by atoms with E-state index in [-0.39, 0.29) is 11.5 Å². The predicted octanol–water partition coefficient (Wildman–Crippen LogP) is 4.06. The lowest BCUT2D eigenvalue weighted by molar-refractivity contribution is 0.0973. The predicted molar refractivity (Wildman–Crippen MR) is 112 cm³/mol. The number of halogens is 1. The van der Waals surface area contributed by atoms with Gasteiger partial charge in [0.15, 0.2) is 0 Å². The van der Waals surface area contributed by atoms with Gasteiger partial charge in [-0.2, -0.15) is 5.10 Å². The molecule has 0 atom stereocenters. The summed E-state index contributed by atoms with van der Waals surface area (Å²) in [5.41, 5.74) is 3.65. The van der Waals surface area contributed by atoms with Crippen LogP contribution < -0.4 is 10.6 Å². The number of carbonyl (C=O) groups is 1. The van der Waals surface area contributed by atoms with Crippen LogP contribution in [-0.2, 0) is 13.1 Å². The number of aryl methyl sites for hydroxylation is 2. The van der Waals surface area contributed by atoms with E-state index in [1.165, 1.54) is 12.1 Å². The summed E-state index contributed by atoms with van der Waals surface area (Å²) < 4.78 is 15.9. The number of aliphatic imine (C=N–C) groups is 1. The largest absolute Gasteiger partial charge is 0.326 e. The molecular formula is C22H24FN5O. The summed E-state index contributed by atoms with van der Waals surface area (Å²) in [4.78, 5) is 17.1. The minimum atomic E-state index is -0.583. The van der Waals surface area contributed by atoms with Gasteiger partial charge < -0.3 is 5.32 Å². The molecule has 0 saturated heterocycles. The maximum absolute atomic E-state index is 14.0. The Hall–Kier alpha value is -3.48. The van der Waals surface area contributed by atoms with Crippen LogP contribution >= 0.6 is 0 Å². The zero-order valence-electron chi connectivity index (χ0n) is 16.7. The lowest BCUT2D eigenvalue weighted by Crippen LogP contribution is -2.36. The van der Waals surface area contributed by atoms with E-state index < -0.39 is 11.7 Å². The van der Waals surface area contributed by atoms with Crippen LogP contribution in [0.3, 0.4) is 0 Å². The van der Waals surface area contributed by atoms with E-state index in [1.54, 1.807) is 12.1 Å². The number of benzene rings is 2. The number of guanidine groups is 1. The molecule has 7 heteroatoms. The zero-order chi connectivity index (χ0) is 20.8. The van der Waals surface area contributed by atoms with Crippen molar-refractivity contribution in [3.8, 4) is 0 Å². The van der Waals surface area contributed by atoms with E-state index in [2.05, 4.69) is 20.7 Å². The number of rotatable bonds is 5. The Labute approximate surface area is 169 Å². The van der Waals surface area contributed by atoms with Gasteiger partial charge >= 0.3 is 0 Å². The van der Waals surface area contributed by atoms with Crippen LogP contribution in [0.25, 0.3) is 0 Å². The molecule has 2 N–H and O–H groups in total. The van der Waals surface area contributed by atoms with E-state index in [9.17, 15) is 9.18 Å². The van der Waals surface area contributed by atoms with Gasteiger partial charge in [0.25, 0.3) is 5.91 Å². The minimum absolute atomic E-state index is 0.0405. The second-order valence-electron chi connectivity index (χ2n) is 6.55. The molecule has 0 radical (unpaired) electrons. The van der Waals surface area contributed by atoms with Crippen molar-refractivity contribution in [2.24, 2.45) is 4.99 Å². The topological polar surface area (TPSA) is 71.3 Å². The van der Waals surface area contributed by atoms with E-state index in [1.807, 2.05) is 55.8 Å². The van der Waals surface area contributed by atoms with Crippen LogP contribution in [0, 0.1) is 19.7 Å². The number of nitrogens with zero attached hydrogens (tertiary/aromatic N) is 3. The summed E-state index contributed by atoms with van der Waals surface area (Å²) in [6.45, 7) is 7.08. The number of carbonyl (C=O) groups excluding carboxylic acids is 1. The van der Waals surface area contributed by atoms with Crippen molar-refractivity contribution in [2.45, 2.75) is 33.9 Å². The molecule has 1 heterocycles. The molecular weight excluding hydrogens is 369 g/mol. The highest BCUT2D eigenvalue weighted by atomic mass is 19.1. The van der Waals surface area contributed by atoms with E-state index in [0.29, 0.717) is 6.54 Å². The third-order valence-electron chi connectivity index (χ3n) is 4.61. The first-order valence-corrected chi connectivity index (χ1v) is 9.45. The lowest BCUT2D eigenvalue weighted by atomic mass is 10.2. The average Bonchev–Trinajstić information content (AvgIpc) is 3.00. The van der Waals surface area contributed by atoms with Gasteiger partial charge in [-0.25, -0.2) is 9.38 Å². The molecule has 0 bridgehead atoms. The van der Waals surface area contributed by atoms with Gasteiger partial charge in [0, 0.05) is 23.5 Å². The first-order valence-electron chi connectivity index (χ1n) is 9.45. The van der Waals surface area contributed by atoms with Crippen molar-refractivity contribution in [3.63, 3.8) is 0 Å². The molecule has 0 unspecified atom stereocenters. The molecule has 0 aliphatic carbocycles. The summed E-state index contributed by atoms with van der Waals surface area (Å²) in [6.07, 6.45) is 0. The molecule has 0 aliphatic heterocycles. The highest BCUT2D eigenvalue weighted by molar-refractivity contribution is 6.10. The van der Waals surface area contributed by atoms with Crippen LogP contribution in [0.4, 0.5) is 10.1 Å². The summed E-state index contributed by atoms with van der Waals surface area (Å²) in [5.74, 6) is -0.907. The van der Waals surface area contributed by atoms with Gasteiger partial charge in [-0.15, -0.1) is 0 Å². The molecule has 0 fully saturated rings. The second kappa shape index (κ2) is 9.14. The molecule has 1 aromatic heterocycles. The summed E-state index contributed by atoms with van der Waals surface area (Å²) >= 11 is 0. The van der Waals surface area contributed by atoms with E-state index in [4.69, 9.17) is 0 Å². The Morgan fingerprint density at radius 1 is 1.10 bits per heavy atom. The monoisotopic (exact) mass is 393 g/mol. The smallest absolute Gasteiger partial charge is 0.260 e. The van der Waals surface area contributed by atoms with Gasteiger partial charge in [-0.3, -0.25) is 14.8 Å². The quantitative estimate of drug-likeness (QED) is 0.507. The highest BCUT2D eigenvalue weighted by Gasteiger charge is 2.15. The Bertz CT molecular complexity index is 1030. The molecule has 6 nitrogen and oxygen atoms in total. The van der Waals surface area contributed by atoms with Crippen molar-refractivity contribution in [1.82, 2.24) is 15.1 Å². The fraction of sp³-hybridized carbons (Fsp3) is 0.227. The fourth-order valence-electron chi connectivity index (χ4n) is 3.02. The van der Waals surface area contributed by atoms with E-state index >= 15 is 0 Å². The number of aromatic nitrogens is 2. The van der Waals surface area contributed by atoms with Gasteiger partial charge in [-0.1, -0.05) is 30.3 Å². The van der Waals surface area contributed by atoms with Crippen LogP contribution in [-0.4, -0.2) is 21.6 Å². The van der Waals surface area contributed by atoms with Crippen LogP contribution in [0.1, 0.15) is 34.2 Å². The standard InChI is InChI=1S/C22H24FN5O/c1-4-28-16(3)19(15(2)27-28)14-24-22(25-17-10-6-5-7-11-17)26-21(29)18-12-8-9-13-20(18)23/h5-13H,4,14H2,1-3H3,(H2,24,25,26,29). The molecule has 3 rings (SSSR count). The first-order chi connectivity index (χ1) is 14.0. The molecule has 0 aliphatic rings. The van der Waals surface area contributed by atoms with Gasteiger partial charge in [0.1, 0.15) is 5.82 Å². The summed E-state index contributed by atoms with van der Waals surface area (Å²) in [7, 11) is 0. The molecule has 2 aromatic carbocycles. The number of para-hydroxylation sites is 1.